The molecule has 0 unspecified atom stereocenters. The van der Waals surface area contributed by atoms with Gasteiger partial charge < -0.3 is 0 Å². The summed E-state index contributed by atoms with van der Waals surface area (Å²) in [5.41, 5.74) is 3.56. The molecule has 0 atom stereocenters. The Morgan fingerprint density at radius 1 is 0.667 bits per heavy atom. The molecule has 0 nitrogen and oxygen atoms in total. The smallest absolute Gasteiger partial charge is 0.0838 e. The maximum absolute atomic E-state index is 6.51. The fourth-order valence-electron chi connectivity index (χ4n) is 2.07. The highest BCUT2D eigenvalue weighted by Gasteiger charge is 2.41. The van der Waals surface area contributed by atoms with Crippen LogP contribution >= 0.6 is 58.2 Å². The van der Waals surface area contributed by atoms with Crippen molar-refractivity contribution >= 4 is 58.2 Å². The highest BCUT2D eigenvalue weighted by Crippen LogP contribution is 2.59. The van der Waals surface area contributed by atoms with Crippen LogP contribution < -0.4 is 0 Å². The maximum atomic E-state index is 6.51. The second kappa shape index (κ2) is 6.60. The summed E-state index contributed by atoms with van der Waals surface area (Å²) in [6.07, 6.45) is 0. The number of hydrogen-bond acceptors (Lipinski definition) is 1. The number of aryl methyl sites for hydroxylation is 2. The number of rotatable bonds is 4. The van der Waals surface area contributed by atoms with Crippen LogP contribution in [0.3, 0.4) is 0 Å². The third kappa shape index (κ3) is 4.03. The zero-order valence-electron chi connectivity index (χ0n) is 11.5. The van der Waals surface area contributed by atoms with Crippen molar-refractivity contribution in [2.45, 2.75) is 21.2 Å². The third-order valence-corrected chi connectivity index (χ3v) is 5.87. The van der Waals surface area contributed by atoms with Gasteiger partial charge in [0.05, 0.1) is 0 Å². The lowest BCUT2D eigenvalue weighted by molar-refractivity contribution is 1.15. The monoisotopic (exact) mass is 378 g/mol. The molecule has 0 radical (unpaired) electrons. The molecule has 2 aromatic rings. The van der Waals surface area contributed by atoms with Crippen LogP contribution in [0.2, 0.25) is 0 Å². The Morgan fingerprint density at radius 2 is 1.00 bits per heavy atom. The van der Waals surface area contributed by atoms with Crippen molar-refractivity contribution in [1.29, 1.82) is 0 Å². The van der Waals surface area contributed by atoms with E-state index in [4.69, 9.17) is 46.4 Å². The normalized spacial score (nSPS) is 12.5. The lowest BCUT2D eigenvalue weighted by Gasteiger charge is -2.30. The zero-order chi connectivity index (χ0) is 15.7. The molecule has 21 heavy (non-hydrogen) atoms. The number of thioether (sulfide) groups is 1. The topological polar surface area (TPSA) is 0 Å². The first kappa shape index (κ1) is 17.3. The van der Waals surface area contributed by atoms with E-state index in [1.807, 2.05) is 62.4 Å². The molecular formula is C16H14Cl4S. The van der Waals surface area contributed by atoms with Gasteiger partial charge in [-0.25, -0.2) is 0 Å². The summed E-state index contributed by atoms with van der Waals surface area (Å²) in [7, 11) is 0. The third-order valence-electron chi connectivity index (χ3n) is 3.17. The fourth-order valence-corrected chi connectivity index (χ4v) is 5.78. The highest BCUT2D eigenvalue weighted by molar-refractivity contribution is 8.05. The molecule has 0 fully saturated rings. The van der Waals surface area contributed by atoms with Crippen molar-refractivity contribution in [1.82, 2.24) is 0 Å². The summed E-state index contributed by atoms with van der Waals surface area (Å²) in [5.74, 6) is 0. The summed E-state index contributed by atoms with van der Waals surface area (Å²) in [4.78, 5) is 0. The van der Waals surface area contributed by atoms with E-state index in [0.29, 0.717) is 0 Å². The lowest BCUT2D eigenvalue weighted by atomic mass is 10.1. The van der Waals surface area contributed by atoms with Crippen molar-refractivity contribution in [2.75, 3.05) is 0 Å². The Hall–Kier alpha value is -0.0500. The summed E-state index contributed by atoms with van der Waals surface area (Å²) < 4.78 is -2.48. The van der Waals surface area contributed by atoms with E-state index < -0.39 is 7.33 Å². The van der Waals surface area contributed by atoms with Gasteiger partial charge >= 0.3 is 0 Å². The minimum atomic E-state index is -1.24. The molecular weight excluding hydrogens is 366 g/mol. The van der Waals surface area contributed by atoms with Crippen LogP contribution in [0.1, 0.15) is 22.3 Å². The van der Waals surface area contributed by atoms with E-state index >= 15 is 0 Å². The van der Waals surface area contributed by atoms with E-state index in [1.54, 1.807) is 0 Å². The molecule has 0 heterocycles. The molecule has 0 aromatic heterocycles. The van der Waals surface area contributed by atoms with E-state index in [0.717, 1.165) is 34.0 Å². The predicted molar refractivity (Wildman–Crippen MR) is 96.7 cm³/mol. The molecule has 0 amide bonds. The molecule has 112 valence electrons. The van der Waals surface area contributed by atoms with Gasteiger partial charge in [0.15, 0.2) is 7.33 Å². The van der Waals surface area contributed by atoms with Crippen LogP contribution in [0.5, 0.6) is 0 Å². The van der Waals surface area contributed by atoms with E-state index in [9.17, 15) is 0 Å². The van der Waals surface area contributed by atoms with Gasteiger partial charge in [0.2, 0.25) is 0 Å². The van der Waals surface area contributed by atoms with Crippen LogP contribution in [0.25, 0.3) is 0 Å². The Balaban J connectivity index is 2.36. The summed E-state index contributed by atoms with van der Waals surface area (Å²) in [6, 6.07) is 15.3. The molecule has 0 aliphatic rings. The first-order valence-electron chi connectivity index (χ1n) is 6.32. The average molecular weight is 380 g/mol. The molecule has 2 aromatic carbocycles. The Labute approximate surface area is 149 Å². The summed E-state index contributed by atoms with van der Waals surface area (Å²) in [6.45, 7) is 3.90. The van der Waals surface area contributed by atoms with Gasteiger partial charge in [-0.3, -0.25) is 0 Å². The number of benzene rings is 2. The molecule has 5 heteroatoms. The van der Waals surface area contributed by atoms with Crippen molar-refractivity contribution in [3.8, 4) is 0 Å². The number of hydrogen-bond donors (Lipinski definition) is 0. The maximum Gasteiger partial charge on any atom is 0.191 e. The molecule has 0 aliphatic carbocycles. The first-order chi connectivity index (χ1) is 9.74. The first-order valence-corrected chi connectivity index (χ1v) is 8.65. The number of alkyl halides is 4. The number of halogens is 4. The van der Waals surface area contributed by atoms with E-state index in [2.05, 4.69) is 0 Å². The van der Waals surface area contributed by atoms with Crippen LogP contribution in [-0.4, -0.2) is 0 Å². The van der Waals surface area contributed by atoms with Crippen molar-refractivity contribution in [3.63, 3.8) is 0 Å². The fraction of sp³-hybridized carbons (Fsp3) is 0.250. The molecule has 0 saturated heterocycles. The summed E-state index contributed by atoms with van der Waals surface area (Å²) >= 11 is 27.2. The predicted octanol–water partition coefficient (Wildman–Crippen LogP) is 6.91. The standard InChI is InChI=1S/C16H14Cl4S/c1-11-7-3-5-9-13(11)15(17,18)21-16(19,20)14-10-6-4-8-12(14)2/h3-10H,1-2H3. The van der Waals surface area contributed by atoms with E-state index in [1.165, 1.54) is 0 Å². The minimum absolute atomic E-state index is 0.789. The Bertz CT molecular complexity index is 582. The van der Waals surface area contributed by atoms with Crippen LogP contribution in [0.15, 0.2) is 48.5 Å². The van der Waals surface area contributed by atoms with E-state index in [-0.39, 0.29) is 0 Å². The van der Waals surface area contributed by atoms with Gasteiger partial charge in [-0.1, -0.05) is 107 Å². The van der Waals surface area contributed by atoms with Gasteiger partial charge in [0.1, 0.15) is 0 Å². The molecule has 2 rings (SSSR count). The molecule has 0 aliphatic heterocycles. The van der Waals surface area contributed by atoms with Gasteiger partial charge in [-0.15, -0.1) is 0 Å². The SMILES string of the molecule is Cc1ccccc1C(Cl)(Cl)SC(Cl)(Cl)c1ccccc1C. The molecule has 0 saturated carbocycles. The Morgan fingerprint density at radius 3 is 1.33 bits per heavy atom. The average Bonchev–Trinajstić information content (AvgIpc) is 2.38. The minimum Gasteiger partial charge on any atom is -0.0838 e. The van der Waals surface area contributed by atoms with Crippen molar-refractivity contribution in [3.05, 3.63) is 70.8 Å². The van der Waals surface area contributed by atoms with Crippen molar-refractivity contribution < 1.29 is 0 Å². The zero-order valence-corrected chi connectivity index (χ0v) is 15.4. The van der Waals surface area contributed by atoms with Crippen LogP contribution in [-0.2, 0) is 7.33 Å². The van der Waals surface area contributed by atoms with Gasteiger partial charge in [-0.05, 0) is 25.0 Å². The lowest BCUT2D eigenvalue weighted by Crippen LogP contribution is -2.17. The molecule has 0 spiro atoms. The van der Waals surface area contributed by atoms with Gasteiger partial charge in [0, 0.05) is 11.1 Å². The Kier molecular flexibility index (Phi) is 5.44. The van der Waals surface area contributed by atoms with Crippen LogP contribution in [0.4, 0.5) is 0 Å². The second-order valence-corrected chi connectivity index (χ2v) is 9.75. The van der Waals surface area contributed by atoms with Crippen molar-refractivity contribution in [2.24, 2.45) is 0 Å². The van der Waals surface area contributed by atoms with Gasteiger partial charge in [0.25, 0.3) is 0 Å². The second-order valence-electron chi connectivity index (χ2n) is 4.77. The highest BCUT2D eigenvalue weighted by atomic mass is 35.5. The quantitative estimate of drug-likeness (QED) is 0.519. The molecule has 0 N–H and O–H groups in total. The van der Waals surface area contributed by atoms with Crippen LogP contribution in [0, 0.1) is 13.8 Å². The largest absolute Gasteiger partial charge is 0.191 e. The van der Waals surface area contributed by atoms with Gasteiger partial charge in [-0.2, -0.15) is 0 Å². The summed E-state index contributed by atoms with van der Waals surface area (Å²) in [5, 5.41) is 0. The molecule has 0 bridgehead atoms.